The molecule has 0 spiro atoms. The SMILES string of the molecule is COC(=O)c1cccc(CBr)c1B1OC(C)(C)C(C)(C)O1. The van der Waals surface area contributed by atoms with E-state index in [1.165, 1.54) is 7.11 Å². The Balaban J connectivity index is 2.51. The number of hydrogen-bond donors (Lipinski definition) is 0. The molecule has 0 N–H and O–H groups in total. The number of rotatable bonds is 3. The van der Waals surface area contributed by atoms with E-state index in [0.29, 0.717) is 10.9 Å². The molecule has 0 aliphatic carbocycles. The maximum atomic E-state index is 12.0. The molecule has 0 aromatic heterocycles. The van der Waals surface area contributed by atoms with Crippen LogP contribution < -0.4 is 5.46 Å². The molecule has 1 aliphatic heterocycles. The summed E-state index contributed by atoms with van der Waals surface area (Å²) in [6.45, 7) is 7.95. The van der Waals surface area contributed by atoms with Crippen molar-refractivity contribution in [1.82, 2.24) is 0 Å². The lowest BCUT2D eigenvalue weighted by Gasteiger charge is -2.32. The standard InChI is InChI=1S/C15H20BBrO4/c1-14(2)15(3,4)21-16(20-14)12-10(9-17)7-6-8-11(12)13(18)19-5/h6-8H,9H2,1-5H3. The number of halogens is 1. The molecule has 6 heteroatoms. The summed E-state index contributed by atoms with van der Waals surface area (Å²) in [6, 6.07) is 5.51. The first-order valence-corrected chi connectivity index (χ1v) is 7.97. The summed E-state index contributed by atoms with van der Waals surface area (Å²) in [5.74, 6) is -0.387. The third-order valence-electron chi connectivity index (χ3n) is 4.23. The third-order valence-corrected chi connectivity index (χ3v) is 4.84. The Kier molecular flexibility index (Phi) is 4.52. The van der Waals surface area contributed by atoms with E-state index in [2.05, 4.69) is 15.9 Å². The highest BCUT2D eigenvalue weighted by Gasteiger charge is 2.53. The van der Waals surface area contributed by atoms with Gasteiger partial charge in [0.25, 0.3) is 0 Å². The molecule has 114 valence electrons. The molecule has 21 heavy (non-hydrogen) atoms. The molecule has 0 atom stereocenters. The van der Waals surface area contributed by atoms with Crippen LogP contribution in [0.15, 0.2) is 18.2 Å². The van der Waals surface area contributed by atoms with Crippen molar-refractivity contribution >= 4 is 34.5 Å². The number of esters is 1. The summed E-state index contributed by atoms with van der Waals surface area (Å²) in [4.78, 5) is 12.0. The molecule has 1 aromatic carbocycles. The maximum absolute atomic E-state index is 12.0. The van der Waals surface area contributed by atoms with Crippen LogP contribution in [-0.4, -0.2) is 31.4 Å². The van der Waals surface area contributed by atoms with Gasteiger partial charge in [-0.2, -0.15) is 0 Å². The van der Waals surface area contributed by atoms with E-state index in [4.69, 9.17) is 14.0 Å². The summed E-state index contributed by atoms with van der Waals surface area (Å²) in [5, 5.41) is 0.608. The minimum atomic E-state index is -0.585. The Bertz CT molecular complexity index is 541. The Morgan fingerprint density at radius 2 is 1.81 bits per heavy atom. The van der Waals surface area contributed by atoms with E-state index in [0.717, 1.165) is 11.0 Å². The summed E-state index contributed by atoms with van der Waals surface area (Å²) < 4.78 is 17.0. The fourth-order valence-corrected chi connectivity index (χ4v) is 2.75. The van der Waals surface area contributed by atoms with Crippen molar-refractivity contribution in [3.63, 3.8) is 0 Å². The molecule has 2 rings (SSSR count). The Hall–Kier alpha value is -0.845. The first-order valence-electron chi connectivity index (χ1n) is 6.85. The van der Waals surface area contributed by atoms with Crippen molar-refractivity contribution in [3.8, 4) is 0 Å². The molecule has 0 amide bonds. The van der Waals surface area contributed by atoms with Crippen LogP contribution in [0.5, 0.6) is 0 Å². The van der Waals surface area contributed by atoms with Crippen LogP contribution in [0.4, 0.5) is 0 Å². The molecule has 0 radical (unpaired) electrons. The van der Waals surface area contributed by atoms with Crippen molar-refractivity contribution in [2.75, 3.05) is 7.11 Å². The Labute approximate surface area is 134 Å². The van der Waals surface area contributed by atoms with E-state index in [1.54, 1.807) is 6.07 Å². The second kappa shape index (κ2) is 5.74. The normalized spacial score (nSPS) is 19.6. The highest BCUT2D eigenvalue weighted by molar-refractivity contribution is 9.08. The summed E-state index contributed by atoms with van der Waals surface area (Å²) >= 11 is 3.45. The van der Waals surface area contributed by atoms with Gasteiger partial charge >= 0.3 is 13.1 Å². The van der Waals surface area contributed by atoms with Gasteiger partial charge in [0.2, 0.25) is 0 Å². The fourth-order valence-electron chi connectivity index (χ4n) is 2.26. The number of carbonyl (C=O) groups is 1. The minimum Gasteiger partial charge on any atom is -0.465 e. The number of ether oxygens (including phenoxy) is 1. The number of methoxy groups -OCH3 is 1. The van der Waals surface area contributed by atoms with Crippen LogP contribution in [0, 0.1) is 0 Å². The smallest absolute Gasteiger partial charge is 0.465 e. The van der Waals surface area contributed by atoms with Gasteiger partial charge < -0.3 is 14.0 Å². The lowest BCUT2D eigenvalue weighted by atomic mass is 9.73. The van der Waals surface area contributed by atoms with Crippen molar-refractivity contribution in [3.05, 3.63) is 29.3 Å². The van der Waals surface area contributed by atoms with Crippen LogP contribution in [0.2, 0.25) is 0 Å². The monoisotopic (exact) mass is 354 g/mol. The van der Waals surface area contributed by atoms with Crippen LogP contribution in [0.3, 0.4) is 0 Å². The summed E-state index contributed by atoms with van der Waals surface area (Å²) in [7, 11) is 0.787. The molecule has 0 bridgehead atoms. The summed E-state index contributed by atoms with van der Waals surface area (Å²) in [6.07, 6.45) is 0. The Morgan fingerprint density at radius 1 is 1.24 bits per heavy atom. The van der Waals surface area contributed by atoms with Crippen molar-refractivity contribution < 1.29 is 18.8 Å². The van der Waals surface area contributed by atoms with Crippen LogP contribution in [0.25, 0.3) is 0 Å². The maximum Gasteiger partial charge on any atom is 0.496 e. The molecule has 1 aromatic rings. The van der Waals surface area contributed by atoms with Gasteiger partial charge in [-0.05, 0) is 39.3 Å². The molecule has 0 saturated carbocycles. The average molecular weight is 355 g/mol. The first kappa shape index (κ1) is 16.5. The zero-order valence-electron chi connectivity index (χ0n) is 13.0. The van der Waals surface area contributed by atoms with Gasteiger partial charge in [-0.1, -0.05) is 28.1 Å². The second-order valence-corrected chi connectivity index (χ2v) is 6.65. The van der Waals surface area contributed by atoms with E-state index in [-0.39, 0.29) is 5.97 Å². The molecule has 4 nitrogen and oxygen atoms in total. The zero-order valence-corrected chi connectivity index (χ0v) is 14.6. The Morgan fingerprint density at radius 3 is 2.29 bits per heavy atom. The predicted molar refractivity (Wildman–Crippen MR) is 86.1 cm³/mol. The van der Waals surface area contributed by atoms with Crippen LogP contribution in [-0.2, 0) is 19.4 Å². The highest BCUT2D eigenvalue weighted by Crippen LogP contribution is 2.37. The van der Waals surface area contributed by atoms with Gasteiger partial charge in [0.15, 0.2) is 0 Å². The number of hydrogen-bond acceptors (Lipinski definition) is 4. The lowest BCUT2D eigenvalue weighted by molar-refractivity contribution is 0.00578. The number of carbonyl (C=O) groups excluding carboxylic acids is 1. The van der Waals surface area contributed by atoms with Gasteiger partial charge in [0.1, 0.15) is 0 Å². The predicted octanol–water partition coefficient (Wildman–Crippen LogP) is 2.67. The van der Waals surface area contributed by atoms with Gasteiger partial charge in [-0.25, -0.2) is 4.79 Å². The van der Waals surface area contributed by atoms with E-state index >= 15 is 0 Å². The average Bonchev–Trinajstić information content (AvgIpc) is 2.65. The zero-order chi connectivity index (χ0) is 15.8. The van der Waals surface area contributed by atoms with Gasteiger partial charge in [0.05, 0.1) is 23.9 Å². The molecule has 1 aliphatic rings. The van der Waals surface area contributed by atoms with Gasteiger partial charge in [0, 0.05) is 10.8 Å². The van der Waals surface area contributed by atoms with Crippen molar-refractivity contribution in [1.29, 1.82) is 0 Å². The first-order chi connectivity index (χ1) is 9.73. The van der Waals surface area contributed by atoms with Crippen LogP contribution in [0.1, 0.15) is 43.6 Å². The molecule has 1 saturated heterocycles. The van der Waals surface area contributed by atoms with Crippen molar-refractivity contribution in [2.24, 2.45) is 0 Å². The molecule has 1 heterocycles. The van der Waals surface area contributed by atoms with E-state index in [1.807, 2.05) is 39.8 Å². The second-order valence-electron chi connectivity index (χ2n) is 6.09. The van der Waals surface area contributed by atoms with Gasteiger partial charge in [-0.15, -0.1) is 0 Å². The third kappa shape index (κ3) is 2.89. The molecular formula is C15H20BBrO4. The number of benzene rings is 1. The molecular weight excluding hydrogens is 335 g/mol. The molecule has 0 unspecified atom stereocenters. The largest absolute Gasteiger partial charge is 0.496 e. The van der Waals surface area contributed by atoms with Crippen LogP contribution >= 0.6 is 15.9 Å². The van der Waals surface area contributed by atoms with E-state index in [9.17, 15) is 4.79 Å². The fraction of sp³-hybridized carbons (Fsp3) is 0.533. The van der Waals surface area contributed by atoms with Crippen molar-refractivity contribution in [2.45, 2.75) is 44.2 Å². The minimum absolute atomic E-state index is 0.387. The summed E-state index contributed by atoms with van der Waals surface area (Å²) in [5.41, 5.74) is 1.26. The lowest BCUT2D eigenvalue weighted by Crippen LogP contribution is -2.41. The van der Waals surface area contributed by atoms with Gasteiger partial charge in [-0.3, -0.25) is 0 Å². The topological polar surface area (TPSA) is 44.8 Å². The van der Waals surface area contributed by atoms with E-state index < -0.39 is 18.3 Å². The molecule has 1 fully saturated rings. The number of alkyl halides is 1. The highest BCUT2D eigenvalue weighted by atomic mass is 79.9. The quantitative estimate of drug-likeness (QED) is 0.475.